The van der Waals surface area contributed by atoms with E-state index in [1.807, 2.05) is 0 Å². The van der Waals surface area contributed by atoms with Gasteiger partial charge in [-0.1, -0.05) is 29.8 Å². The van der Waals surface area contributed by atoms with E-state index < -0.39 is 32.5 Å². The molecule has 0 atom stereocenters. The highest BCUT2D eigenvalue weighted by Crippen LogP contribution is 2.25. The molecule has 1 amide bonds. The van der Waals surface area contributed by atoms with Gasteiger partial charge in [-0.2, -0.15) is 4.31 Å². The summed E-state index contributed by atoms with van der Waals surface area (Å²) in [7, 11) is -7.63. The van der Waals surface area contributed by atoms with Crippen molar-refractivity contribution in [3.8, 4) is 0 Å². The summed E-state index contributed by atoms with van der Waals surface area (Å²) in [5.41, 5.74) is 0.678. The lowest BCUT2D eigenvalue weighted by molar-refractivity contribution is -0.114. The fourth-order valence-corrected chi connectivity index (χ4v) is 6.83. The smallest absolute Gasteiger partial charge is 0.264 e. The Balaban J connectivity index is 1.53. The number of amides is 1. The number of nitrogens with zero attached hydrogens (tertiary/aromatic N) is 2. The number of halogens is 1. The van der Waals surface area contributed by atoms with Crippen molar-refractivity contribution in [2.24, 2.45) is 0 Å². The average Bonchev–Trinajstić information content (AvgIpc) is 3.40. The van der Waals surface area contributed by atoms with Crippen molar-refractivity contribution >= 4 is 48.9 Å². The van der Waals surface area contributed by atoms with Crippen LogP contribution >= 0.6 is 11.6 Å². The van der Waals surface area contributed by atoms with E-state index in [2.05, 4.69) is 5.32 Å². The van der Waals surface area contributed by atoms with Crippen molar-refractivity contribution in [2.45, 2.75) is 22.6 Å². The zero-order chi connectivity index (χ0) is 25.1. The SMILES string of the molecule is O=C(CN(c1ccccc1)S(=O)(=O)c1ccc(Cl)cc1)Nc1ccc(S(=O)(=O)N2CCCC2)cc1. The third-order valence-electron chi connectivity index (χ3n) is 5.57. The van der Waals surface area contributed by atoms with Crippen LogP contribution in [0.15, 0.2) is 88.7 Å². The molecule has 1 N–H and O–H groups in total. The molecule has 3 aromatic rings. The summed E-state index contributed by atoms with van der Waals surface area (Å²) in [4.78, 5) is 13.0. The molecule has 1 fully saturated rings. The van der Waals surface area contributed by atoms with Crippen molar-refractivity contribution in [1.29, 1.82) is 0 Å². The molecule has 4 rings (SSSR count). The van der Waals surface area contributed by atoms with Crippen LogP contribution in [-0.4, -0.2) is 46.7 Å². The Bertz CT molecular complexity index is 1390. The molecule has 184 valence electrons. The van der Waals surface area contributed by atoms with E-state index in [9.17, 15) is 21.6 Å². The molecule has 0 aliphatic carbocycles. The quantitative estimate of drug-likeness (QED) is 0.472. The van der Waals surface area contributed by atoms with Crippen LogP contribution in [0, 0.1) is 0 Å². The summed E-state index contributed by atoms with van der Waals surface area (Å²) < 4.78 is 54.5. The summed E-state index contributed by atoms with van der Waals surface area (Å²) in [6.07, 6.45) is 1.68. The zero-order valence-electron chi connectivity index (χ0n) is 18.7. The van der Waals surface area contributed by atoms with Crippen LogP contribution in [0.5, 0.6) is 0 Å². The second-order valence-electron chi connectivity index (χ2n) is 7.98. The normalized spacial score (nSPS) is 14.5. The molecule has 0 bridgehead atoms. The van der Waals surface area contributed by atoms with Crippen LogP contribution in [0.1, 0.15) is 12.8 Å². The first-order valence-electron chi connectivity index (χ1n) is 10.9. The molecular weight excluding hydrogens is 510 g/mol. The Morgan fingerprint density at radius 3 is 2.00 bits per heavy atom. The van der Waals surface area contributed by atoms with E-state index in [0.717, 1.165) is 17.1 Å². The van der Waals surface area contributed by atoms with Crippen LogP contribution in [0.25, 0.3) is 0 Å². The molecule has 1 aliphatic heterocycles. The topological polar surface area (TPSA) is 104 Å². The molecule has 1 aliphatic rings. The van der Waals surface area contributed by atoms with Crippen molar-refractivity contribution in [3.63, 3.8) is 0 Å². The molecule has 0 radical (unpaired) electrons. The number of benzene rings is 3. The molecule has 0 saturated carbocycles. The van der Waals surface area contributed by atoms with Gasteiger partial charge in [0.1, 0.15) is 6.54 Å². The van der Waals surface area contributed by atoms with Gasteiger partial charge < -0.3 is 5.32 Å². The molecular formula is C24H24ClN3O5S2. The predicted molar refractivity (Wildman–Crippen MR) is 135 cm³/mol. The van der Waals surface area contributed by atoms with Gasteiger partial charge in [-0.25, -0.2) is 16.8 Å². The number of carbonyl (C=O) groups excluding carboxylic acids is 1. The first-order valence-corrected chi connectivity index (χ1v) is 14.2. The van der Waals surface area contributed by atoms with Gasteiger partial charge in [0.2, 0.25) is 15.9 Å². The van der Waals surface area contributed by atoms with Crippen molar-refractivity contribution < 1.29 is 21.6 Å². The number of hydrogen-bond donors (Lipinski definition) is 1. The van der Waals surface area contributed by atoms with E-state index in [1.54, 1.807) is 30.3 Å². The Hall–Kier alpha value is -2.92. The minimum Gasteiger partial charge on any atom is -0.325 e. The minimum absolute atomic E-state index is 0.00461. The Morgan fingerprint density at radius 2 is 1.40 bits per heavy atom. The van der Waals surface area contributed by atoms with Crippen molar-refractivity contribution in [1.82, 2.24) is 4.31 Å². The van der Waals surface area contributed by atoms with Crippen molar-refractivity contribution in [3.05, 3.63) is 83.9 Å². The van der Waals surface area contributed by atoms with Crippen LogP contribution in [0.3, 0.4) is 0 Å². The van der Waals surface area contributed by atoms with Crippen LogP contribution in [0.2, 0.25) is 5.02 Å². The standard InChI is InChI=1S/C24H24ClN3O5S2/c25-19-8-12-23(13-9-19)35(32,33)28(21-6-2-1-3-7-21)18-24(29)26-20-10-14-22(15-11-20)34(30,31)27-16-4-5-17-27/h1-3,6-15H,4-5,16-18H2,(H,26,29). The van der Waals surface area contributed by atoms with Crippen molar-refractivity contribution in [2.75, 3.05) is 29.3 Å². The second kappa shape index (κ2) is 10.4. The van der Waals surface area contributed by atoms with Gasteiger partial charge in [0.05, 0.1) is 15.5 Å². The van der Waals surface area contributed by atoms with Gasteiger partial charge in [-0.3, -0.25) is 9.10 Å². The molecule has 35 heavy (non-hydrogen) atoms. The van der Waals surface area contributed by atoms with Gasteiger partial charge in [0, 0.05) is 23.8 Å². The molecule has 8 nitrogen and oxygen atoms in total. The highest BCUT2D eigenvalue weighted by atomic mass is 35.5. The number of nitrogens with one attached hydrogen (secondary N) is 1. The fraction of sp³-hybridized carbons (Fsp3) is 0.208. The van der Waals surface area contributed by atoms with Crippen LogP contribution in [0.4, 0.5) is 11.4 Å². The van der Waals surface area contributed by atoms with E-state index in [4.69, 9.17) is 11.6 Å². The van der Waals surface area contributed by atoms with Gasteiger partial charge in [-0.05, 0) is 73.5 Å². The first-order chi connectivity index (χ1) is 16.7. The lowest BCUT2D eigenvalue weighted by atomic mass is 10.3. The van der Waals surface area contributed by atoms with Gasteiger partial charge in [-0.15, -0.1) is 0 Å². The zero-order valence-corrected chi connectivity index (χ0v) is 21.1. The number of carbonyl (C=O) groups is 1. The minimum atomic E-state index is -4.06. The fourth-order valence-electron chi connectivity index (χ4n) is 3.76. The van der Waals surface area contributed by atoms with E-state index in [0.29, 0.717) is 29.5 Å². The van der Waals surface area contributed by atoms with Gasteiger partial charge >= 0.3 is 0 Å². The summed E-state index contributed by atoms with van der Waals surface area (Å²) in [6.45, 7) is 0.513. The third kappa shape index (κ3) is 5.67. The second-order valence-corrected chi connectivity index (χ2v) is 12.2. The molecule has 11 heteroatoms. The Kier molecular flexibility index (Phi) is 7.46. The predicted octanol–water partition coefficient (Wildman–Crippen LogP) is 3.96. The maximum Gasteiger partial charge on any atom is 0.264 e. The number of hydrogen-bond acceptors (Lipinski definition) is 5. The van der Waals surface area contributed by atoms with E-state index >= 15 is 0 Å². The molecule has 1 heterocycles. The lowest BCUT2D eigenvalue weighted by Gasteiger charge is -2.24. The van der Waals surface area contributed by atoms with Crippen LogP contribution in [-0.2, 0) is 24.8 Å². The summed E-state index contributed by atoms with van der Waals surface area (Å²) in [5, 5.41) is 3.04. The number of sulfonamides is 2. The maximum absolute atomic E-state index is 13.3. The molecule has 0 unspecified atom stereocenters. The lowest BCUT2D eigenvalue weighted by Crippen LogP contribution is -2.38. The summed E-state index contributed by atoms with van der Waals surface area (Å²) in [5.74, 6) is -0.582. The summed E-state index contributed by atoms with van der Waals surface area (Å²) in [6, 6.07) is 19.8. The maximum atomic E-state index is 13.3. The monoisotopic (exact) mass is 533 g/mol. The summed E-state index contributed by atoms with van der Waals surface area (Å²) >= 11 is 5.90. The molecule has 0 aromatic heterocycles. The average molecular weight is 534 g/mol. The third-order valence-corrected chi connectivity index (χ3v) is 9.53. The molecule has 0 spiro atoms. The van der Waals surface area contributed by atoms with Gasteiger partial charge in [0.15, 0.2) is 0 Å². The largest absolute Gasteiger partial charge is 0.325 e. The highest BCUT2D eigenvalue weighted by molar-refractivity contribution is 7.92. The van der Waals surface area contributed by atoms with Crippen LogP contribution < -0.4 is 9.62 Å². The Morgan fingerprint density at radius 1 is 0.829 bits per heavy atom. The molecule has 1 saturated heterocycles. The van der Waals surface area contributed by atoms with Gasteiger partial charge in [0.25, 0.3) is 10.0 Å². The number of rotatable bonds is 8. The highest BCUT2D eigenvalue weighted by Gasteiger charge is 2.28. The Labute approximate surface area is 210 Å². The number of anilines is 2. The number of para-hydroxylation sites is 1. The molecule has 3 aromatic carbocycles. The van der Waals surface area contributed by atoms with E-state index in [1.165, 1.54) is 52.8 Å². The van der Waals surface area contributed by atoms with E-state index in [-0.39, 0.29) is 9.79 Å². The first kappa shape index (κ1) is 25.2.